The number of aromatic nitrogens is 2. The van der Waals surface area contributed by atoms with E-state index in [0.29, 0.717) is 6.61 Å². The number of thioether (sulfide) groups is 1. The van der Waals surface area contributed by atoms with Crippen LogP contribution in [0.15, 0.2) is 17.1 Å². The van der Waals surface area contributed by atoms with Crippen molar-refractivity contribution in [1.82, 2.24) is 9.55 Å². The molecular formula is C17H29N3O3S. The molecule has 1 aliphatic heterocycles. The molecule has 1 saturated heterocycles. The molecule has 1 fully saturated rings. The standard InChI is InChI=1S/C17H29N3O3S/c1-5-9-19(6-2)14-7-10-20(17(21)18-14)15-8-11-24-16(23-15)12-22-13(3)4/h7,10,13,15-16H,5-6,8-9,11-12H2,1-4H3/t15-,16+/m1/s1. The van der Waals surface area contributed by atoms with Crippen LogP contribution in [0.3, 0.4) is 0 Å². The third kappa shape index (κ3) is 5.22. The van der Waals surface area contributed by atoms with E-state index in [4.69, 9.17) is 9.47 Å². The molecule has 1 aromatic heterocycles. The van der Waals surface area contributed by atoms with Gasteiger partial charge < -0.3 is 14.4 Å². The Kier molecular flexibility index (Phi) is 7.58. The van der Waals surface area contributed by atoms with E-state index in [1.54, 1.807) is 16.3 Å². The summed E-state index contributed by atoms with van der Waals surface area (Å²) in [6.07, 6.45) is 3.55. The van der Waals surface area contributed by atoms with E-state index in [-0.39, 0.29) is 23.5 Å². The van der Waals surface area contributed by atoms with Gasteiger partial charge in [0.25, 0.3) is 0 Å². The first-order valence-electron chi connectivity index (χ1n) is 8.77. The fourth-order valence-electron chi connectivity index (χ4n) is 2.65. The third-order valence-corrected chi connectivity index (χ3v) is 4.96. The highest BCUT2D eigenvalue weighted by Crippen LogP contribution is 2.29. The van der Waals surface area contributed by atoms with Crippen molar-refractivity contribution in [3.63, 3.8) is 0 Å². The zero-order chi connectivity index (χ0) is 17.5. The lowest BCUT2D eigenvalue weighted by atomic mass is 10.3. The summed E-state index contributed by atoms with van der Waals surface area (Å²) in [6, 6.07) is 1.91. The van der Waals surface area contributed by atoms with Crippen LogP contribution in [-0.2, 0) is 9.47 Å². The van der Waals surface area contributed by atoms with E-state index in [9.17, 15) is 4.79 Å². The van der Waals surface area contributed by atoms with E-state index in [1.807, 2.05) is 26.1 Å². The van der Waals surface area contributed by atoms with Gasteiger partial charge in [0.15, 0.2) is 0 Å². The lowest BCUT2D eigenvalue weighted by molar-refractivity contribution is -0.0663. The van der Waals surface area contributed by atoms with Crippen LogP contribution < -0.4 is 10.6 Å². The summed E-state index contributed by atoms with van der Waals surface area (Å²) in [5, 5.41) is 0. The maximum atomic E-state index is 12.4. The van der Waals surface area contributed by atoms with Crippen LogP contribution in [0, 0.1) is 0 Å². The van der Waals surface area contributed by atoms with Crippen LogP contribution in [0.5, 0.6) is 0 Å². The Bertz CT molecular complexity index is 564. The second kappa shape index (κ2) is 9.44. The highest BCUT2D eigenvalue weighted by atomic mass is 32.2. The van der Waals surface area contributed by atoms with Gasteiger partial charge in [-0.1, -0.05) is 6.92 Å². The molecule has 0 amide bonds. The molecule has 1 aromatic rings. The molecule has 136 valence electrons. The number of nitrogens with zero attached hydrogens (tertiary/aromatic N) is 3. The molecule has 0 aromatic carbocycles. The number of anilines is 1. The number of ether oxygens (including phenoxy) is 2. The van der Waals surface area contributed by atoms with Gasteiger partial charge in [-0.3, -0.25) is 4.57 Å². The van der Waals surface area contributed by atoms with Gasteiger partial charge in [-0.2, -0.15) is 4.98 Å². The maximum Gasteiger partial charge on any atom is 0.351 e. The quantitative estimate of drug-likeness (QED) is 0.715. The average molecular weight is 356 g/mol. The van der Waals surface area contributed by atoms with Crippen molar-refractivity contribution in [3.05, 3.63) is 22.7 Å². The van der Waals surface area contributed by atoms with Gasteiger partial charge in [0.2, 0.25) is 0 Å². The Balaban J connectivity index is 2.07. The monoisotopic (exact) mass is 355 g/mol. The van der Waals surface area contributed by atoms with Crippen molar-refractivity contribution in [2.45, 2.75) is 58.3 Å². The molecule has 1 aliphatic rings. The van der Waals surface area contributed by atoms with Crippen LogP contribution in [0.2, 0.25) is 0 Å². The first kappa shape index (κ1) is 19.3. The second-order valence-corrected chi connectivity index (χ2v) is 7.38. The summed E-state index contributed by atoms with van der Waals surface area (Å²) in [4.78, 5) is 18.8. The minimum absolute atomic E-state index is 0.0371. The predicted octanol–water partition coefficient (Wildman–Crippen LogP) is 2.88. The van der Waals surface area contributed by atoms with E-state index < -0.39 is 0 Å². The van der Waals surface area contributed by atoms with E-state index >= 15 is 0 Å². The zero-order valence-electron chi connectivity index (χ0n) is 15.1. The highest BCUT2D eigenvalue weighted by Gasteiger charge is 2.25. The molecular weight excluding hydrogens is 326 g/mol. The Morgan fingerprint density at radius 1 is 1.50 bits per heavy atom. The van der Waals surface area contributed by atoms with Gasteiger partial charge in [0, 0.05) is 31.5 Å². The van der Waals surface area contributed by atoms with Gasteiger partial charge >= 0.3 is 5.69 Å². The lowest BCUT2D eigenvalue weighted by Crippen LogP contribution is -2.36. The summed E-state index contributed by atoms with van der Waals surface area (Å²) in [5.41, 5.74) is -0.285. The number of hydrogen-bond acceptors (Lipinski definition) is 6. The maximum absolute atomic E-state index is 12.4. The van der Waals surface area contributed by atoms with Gasteiger partial charge in [0.1, 0.15) is 17.5 Å². The summed E-state index contributed by atoms with van der Waals surface area (Å²) < 4.78 is 13.3. The van der Waals surface area contributed by atoms with Crippen molar-refractivity contribution in [2.75, 3.05) is 30.3 Å². The van der Waals surface area contributed by atoms with Crippen LogP contribution >= 0.6 is 11.8 Å². The minimum atomic E-state index is -0.262. The van der Waals surface area contributed by atoms with Crippen molar-refractivity contribution < 1.29 is 9.47 Å². The summed E-state index contributed by atoms with van der Waals surface area (Å²) in [7, 11) is 0. The third-order valence-electron chi connectivity index (χ3n) is 3.87. The molecule has 0 bridgehead atoms. The van der Waals surface area contributed by atoms with Crippen molar-refractivity contribution in [3.8, 4) is 0 Å². The molecule has 0 spiro atoms. The summed E-state index contributed by atoms with van der Waals surface area (Å²) in [5.74, 6) is 1.69. The molecule has 7 heteroatoms. The normalized spacial score (nSPS) is 21.2. The Labute approximate surface area is 148 Å². The topological polar surface area (TPSA) is 56.6 Å². The predicted molar refractivity (Wildman–Crippen MR) is 98.7 cm³/mol. The molecule has 24 heavy (non-hydrogen) atoms. The molecule has 0 aliphatic carbocycles. The van der Waals surface area contributed by atoms with Crippen molar-refractivity contribution >= 4 is 17.6 Å². The molecule has 0 N–H and O–H groups in total. The van der Waals surface area contributed by atoms with E-state index in [1.165, 1.54) is 0 Å². The van der Waals surface area contributed by atoms with Crippen molar-refractivity contribution in [2.24, 2.45) is 0 Å². The molecule has 6 nitrogen and oxygen atoms in total. The van der Waals surface area contributed by atoms with Crippen LogP contribution in [0.4, 0.5) is 5.82 Å². The lowest BCUT2D eigenvalue weighted by Gasteiger charge is -2.31. The highest BCUT2D eigenvalue weighted by molar-refractivity contribution is 7.99. The Morgan fingerprint density at radius 3 is 2.92 bits per heavy atom. The molecule has 0 saturated carbocycles. The van der Waals surface area contributed by atoms with Crippen LogP contribution in [0.25, 0.3) is 0 Å². The first-order valence-corrected chi connectivity index (χ1v) is 9.82. The fourth-order valence-corrected chi connectivity index (χ4v) is 3.63. The zero-order valence-corrected chi connectivity index (χ0v) is 15.9. The Morgan fingerprint density at radius 2 is 2.29 bits per heavy atom. The SMILES string of the molecule is CCCN(CC)c1ccn([C@H]2CCS[C@@H](COC(C)C)O2)c(=O)n1. The van der Waals surface area contributed by atoms with Gasteiger partial charge in [-0.25, -0.2) is 4.79 Å². The van der Waals surface area contributed by atoms with Gasteiger partial charge in [-0.15, -0.1) is 11.8 Å². The van der Waals surface area contributed by atoms with Crippen LogP contribution in [-0.4, -0.2) is 46.5 Å². The molecule has 0 radical (unpaired) electrons. The summed E-state index contributed by atoms with van der Waals surface area (Å²) in [6.45, 7) is 10.5. The molecule has 0 unspecified atom stereocenters. The van der Waals surface area contributed by atoms with E-state index in [0.717, 1.165) is 37.5 Å². The molecule has 2 heterocycles. The summed E-state index contributed by atoms with van der Waals surface area (Å²) >= 11 is 1.74. The van der Waals surface area contributed by atoms with Gasteiger partial charge in [0.05, 0.1) is 12.7 Å². The first-order chi connectivity index (χ1) is 11.5. The van der Waals surface area contributed by atoms with Gasteiger partial charge in [-0.05, 0) is 33.3 Å². The number of rotatable bonds is 8. The van der Waals surface area contributed by atoms with Crippen molar-refractivity contribution in [1.29, 1.82) is 0 Å². The second-order valence-electron chi connectivity index (χ2n) is 6.12. The largest absolute Gasteiger partial charge is 0.375 e. The Hall–Kier alpha value is -1.05. The minimum Gasteiger partial charge on any atom is -0.375 e. The van der Waals surface area contributed by atoms with E-state index in [2.05, 4.69) is 23.7 Å². The number of hydrogen-bond donors (Lipinski definition) is 0. The smallest absolute Gasteiger partial charge is 0.351 e. The molecule has 2 atom stereocenters. The van der Waals surface area contributed by atoms with Crippen LogP contribution in [0.1, 0.15) is 46.8 Å². The average Bonchev–Trinajstić information content (AvgIpc) is 2.58. The molecule has 2 rings (SSSR count). The fraction of sp³-hybridized carbons (Fsp3) is 0.765.